The van der Waals surface area contributed by atoms with Crippen molar-refractivity contribution < 1.29 is 19.0 Å². The Labute approximate surface area is 144 Å². The first-order valence-electron chi connectivity index (χ1n) is 7.70. The smallest absolute Gasteiger partial charge is 0.335 e. The first-order chi connectivity index (χ1) is 12.1. The maximum absolute atomic E-state index is 14.2. The van der Waals surface area contributed by atoms with Crippen LogP contribution >= 0.6 is 0 Å². The molecule has 3 aromatic rings. The molecule has 0 radical (unpaired) electrons. The number of ether oxygens (including phenoxy) is 1. The van der Waals surface area contributed by atoms with Gasteiger partial charge in [0, 0.05) is 12.2 Å². The molecular formula is C20H16FNO3. The highest BCUT2D eigenvalue weighted by Crippen LogP contribution is 2.25. The second-order valence-corrected chi connectivity index (χ2v) is 5.42. The summed E-state index contributed by atoms with van der Waals surface area (Å²) >= 11 is 0. The Hall–Kier alpha value is -3.34. The van der Waals surface area contributed by atoms with E-state index in [4.69, 9.17) is 9.84 Å². The monoisotopic (exact) mass is 337 g/mol. The van der Waals surface area contributed by atoms with Crippen LogP contribution in [0, 0.1) is 5.82 Å². The molecule has 0 fully saturated rings. The maximum atomic E-state index is 14.2. The molecule has 0 aliphatic rings. The fraction of sp³-hybridized carbons (Fsp3) is 0.0500. The van der Waals surface area contributed by atoms with Gasteiger partial charge in [0.2, 0.25) is 0 Å². The number of para-hydroxylation sites is 1. The Morgan fingerprint density at radius 3 is 2.36 bits per heavy atom. The van der Waals surface area contributed by atoms with E-state index in [0.29, 0.717) is 12.3 Å². The molecule has 126 valence electrons. The fourth-order valence-electron chi connectivity index (χ4n) is 2.29. The standard InChI is InChI=1S/C20H16FNO3/c21-18-12-14(6-11-19(18)25-17-4-2-1-3-5-17)13-22-16-9-7-15(8-10-16)20(23)24/h1-12,22H,13H2,(H,23,24). The predicted octanol–water partition coefficient (Wildman–Crippen LogP) is 4.93. The van der Waals surface area contributed by atoms with Crippen molar-refractivity contribution in [2.45, 2.75) is 6.54 Å². The van der Waals surface area contributed by atoms with Gasteiger partial charge in [-0.15, -0.1) is 0 Å². The van der Waals surface area contributed by atoms with Crippen LogP contribution in [0.4, 0.5) is 10.1 Å². The van der Waals surface area contributed by atoms with Gasteiger partial charge in [-0.05, 0) is 54.1 Å². The SMILES string of the molecule is O=C(O)c1ccc(NCc2ccc(Oc3ccccc3)c(F)c2)cc1. The van der Waals surface area contributed by atoms with E-state index in [-0.39, 0.29) is 11.3 Å². The van der Waals surface area contributed by atoms with Crippen molar-refractivity contribution in [3.63, 3.8) is 0 Å². The number of hydrogen-bond donors (Lipinski definition) is 2. The minimum absolute atomic E-state index is 0.167. The fourth-order valence-corrected chi connectivity index (χ4v) is 2.29. The molecule has 3 aromatic carbocycles. The third-order valence-electron chi connectivity index (χ3n) is 3.60. The lowest BCUT2D eigenvalue weighted by molar-refractivity contribution is 0.0697. The van der Waals surface area contributed by atoms with Gasteiger partial charge in [-0.2, -0.15) is 0 Å². The molecule has 5 heteroatoms. The average molecular weight is 337 g/mol. The molecule has 0 atom stereocenters. The largest absolute Gasteiger partial charge is 0.478 e. The van der Waals surface area contributed by atoms with Gasteiger partial charge in [-0.3, -0.25) is 0 Å². The zero-order valence-corrected chi connectivity index (χ0v) is 13.3. The van der Waals surface area contributed by atoms with Crippen molar-refractivity contribution in [2.75, 3.05) is 5.32 Å². The summed E-state index contributed by atoms with van der Waals surface area (Å²) in [6.45, 7) is 0.412. The summed E-state index contributed by atoms with van der Waals surface area (Å²) in [6.07, 6.45) is 0. The van der Waals surface area contributed by atoms with E-state index < -0.39 is 11.8 Å². The van der Waals surface area contributed by atoms with Crippen LogP contribution in [0.2, 0.25) is 0 Å². The Kier molecular flexibility index (Phi) is 4.95. The number of carboxylic acids is 1. The highest BCUT2D eigenvalue weighted by atomic mass is 19.1. The highest BCUT2D eigenvalue weighted by molar-refractivity contribution is 5.87. The molecule has 0 saturated carbocycles. The second kappa shape index (κ2) is 7.49. The summed E-state index contributed by atoms with van der Waals surface area (Å²) in [5.74, 6) is -0.668. The normalized spacial score (nSPS) is 10.3. The van der Waals surface area contributed by atoms with Gasteiger partial charge in [0.1, 0.15) is 5.75 Å². The van der Waals surface area contributed by atoms with E-state index in [1.807, 2.05) is 18.2 Å². The van der Waals surface area contributed by atoms with Crippen LogP contribution in [-0.2, 0) is 6.54 Å². The van der Waals surface area contributed by atoms with Crippen LogP contribution < -0.4 is 10.1 Å². The topological polar surface area (TPSA) is 58.6 Å². The minimum atomic E-state index is -0.970. The zero-order valence-electron chi connectivity index (χ0n) is 13.3. The summed E-state index contributed by atoms with van der Waals surface area (Å²) in [4.78, 5) is 10.8. The van der Waals surface area contributed by atoms with Crippen molar-refractivity contribution in [3.8, 4) is 11.5 Å². The van der Waals surface area contributed by atoms with E-state index in [9.17, 15) is 9.18 Å². The van der Waals surface area contributed by atoms with E-state index in [1.165, 1.54) is 18.2 Å². The van der Waals surface area contributed by atoms with Gasteiger partial charge < -0.3 is 15.2 Å². The van der Waals surface area contributed by atoms with Crippen molar-refractivity contribution in [3.05, 3.63) is 89.7 Å². The van der Waals surface area contributed by atoms with Gasteiger partial charge in [0.25, 0.3) is 0 Å². The van der Waals surface area contributed by atoms with Gasteiger partial charge in [-0.25, -0.2) is 9.18 Å². The van der Waals surface area contributed by atoms with E-state index in [2.05, 4.69) is 5.32 Å². The Morgan fingerprint density at radius 2 is 1.72 bits per heavy atom. The van der Waals surface area contributed by atoms with E-state index >= 15 is 0 Å². The Bertz CT molecular complexity index is 864. The molecular weight excluding hydrogens is 321 g/mol. The molecule has 0 aromatic heterocycles. The average Bonchev–Trinajstić information content (AvgIpc) is 2.63. The van der Waals surface area contributed by atoms with Crippen LogP contribution in [0.1, 0.15) is 15.9 Å². The highest BCUT2D eigenvalue weighted by Gasteiger charge is 2.07. The summed E-state index contributed by atoms with van der Waals surface area (Å²) < 4.78 is 19.7. The molecule has 0 amide bonds. The first-order valence-corrected chi connectivity index (χ1v) is 7.70. The van der Waals surface area contributed by atoms with Crippen LogP contribution in [0.25, 0.3) is 0 Å². The number of hydrogen-bond acceptors (Lipinski definition) is 3. The molecule has 0 aliphatic heterocycles. The lowest BCUT2D eigenvalue weighted by atomic mass is 10.2. The number of carbonyl (C=O) groups is 1. The van der Waals surface area contributed by atoms with E-state index in [1.54, 1.807) is 36.4 Å². The minimum Gasteiger partial charge on any atom is -0.478 e. The van der Waals surface area contributed by atoms with Gasteiger partial charge in [0.05, 0.1) is 5.56 Å². The third-order valence-corrected chi connectivity index (χ3v) is 3.60. The number of aromatic carboxylic acids is 1. The number of rotatable bonds is 6. The molecule has 3 rings (SSSR count). The molecule has 4 nitrogen and oxygen atoms in total. The van der Waals surface area contributed by atoms with Crippen LogP contribution in [0.5, 0.6) is 11.5 Å². The number of anilines is 1. The van der Waals surface area contributed by atoms with Crippen molar-refractivity contribution in [1.29, 1.82) is 0 Å². The molecule has 25 heavy (non-hydrogen) atoms. The number of halogens is 1. The van der Waals surface area contributed by atoms with Crippen molar-refractivity contribution >= 4 is 11.7 Å². The molecule has 0 unspecified atom stereocenters. The Morgan fingerprint density at radius 1 is 1.00 bits per heavy atom. The van der Waals surface area contributed by atoms with Crippen molar-refractivity contribution in [1.82, 2.24) is 0 Å². The number of nitrogens with one attached hydrogen (secondary N) is 1. The first kappa shape index (κ1) is 16.5. The molecule has 0 spiro atoms. The molecule has 2 N–H and O–H groups in total. The van der Waals surface area contributed by atoms with E-state index in [0.717, 1.165) is 11.3 Å². The lowest BCUT2D eigenvalue weighted by Gasteiger charge is -2.10. The quantitative estimate of drug-likeness (QED) is 0.670. The molecule has 0 aliphatic carbocycles. The predicted molar refractivity (Wildman–Crippen MR) is 93.6 cm³/mol. The third kappa shape index (κ3) is 4.35. The van der Waals surface area contributed by atoms with Crippen LogP contribution in [0.3, 0.4) is 0 Å². The van der Waals surface area contributed by atoms with Gasteiger partial charge in [-0.1, -0.05) is 24.3 Å². The van der Waals surface area contributed by atoms with Crippen LogP contribution in [0.15, 0.2) is 72.8 Å². The number of benzene rings is 3. The van der Waals surface area contributed by atoms with Gasteiger partial charge in [0.15, 0.2) is 11.6 Å². The molecule has 0 bridgehead atoms. The van der Waals surface area contributed by atoms with Gasteiger partial charge >= 0.3 is 5.97 Å². The molecule has 0 heterocycles. The van der Waals surface area contributed by atoms with Crippen molar-refractivity contribution in [2.24, 2.45) is 0 Å². The lowest BCUT2D eigenvalue weighted by Crippen LogP contribution is -2.01. The Balaban J connectivity index is 1.63. The zero-order chi connectivity index (χ0) is 17.6. The van der Waals surface area contributed by atoms with Crippen LogP contribution in [-0.4, -0.2) is 11.1 Å². The maximum Gasteiger partial charge on any atom is 0.335 e. The summed E-state index contributed by atoms with van der Waals surface area (Å²) in [7, 11) is 0. The summed E-state index contributed by atoms with van der Waals surface area (Å²) in [5, 5.41) is 12.0. The molecule has 0 saturated heterocycles. The number of carboxylic acid groups (broad SMARTS) is 1. The summed E-state index contributed by atoms with van der Waals surface area (Å²) in [5.41, 5.74) is 1.73. The summed E-state index contributed by atoms with van der Waals surface area (Å²) in [6, 6.07) is 20.2. The second-order valence-electron chi connectivity index (χ2n) is 5.42.